The van der Waals surface area contributed by atoms with Crippen LogP contribution in [-0.4, -0.2) is 9.97 Å². The van der Waals surface area contributed by atoms with E-state index in [9.17, 15) is 0 Å². The monoisotopic (exact) mass is 246 g/mol. The highest BCUT2D eigenvalue weighted by molar-refractivity contribution is 7.71. The van der Waals surface area contributed by atoms with Crippen LogP contribution < -0.4 is 0 Å². The Kier molecular flexibility index (Phi) is 3.89. The first-order valence-electron chi connectivity index (χ1n) is 6.21. The molecule has 0 radical (unpaired) electrons. The molecule has 1 N–H and O–H groups in total. The number of hydrogen-bond donors (Lipinski definition) is 1. The van der Waals surface area contributed by atoms with E-state index in [-0.39, 0.29) is 0 Å². The van der Waals surface area contributed by atoms with Crippen LogP contribution in [0.15, 0.2) is 24.3 Å². The zero-order chi connectivity index (χ0) is 12.3. The van der Waals surface area contributed by atoms with Crippen molar-refractivity contribution in [3.63, 3.8) is 0 Å². The molecule has 0 amide bonds. The van der Waals surface area contributed by atoms with E-state index in [1.807, 2.05) is 18.2 Å². The van der Waals surface area contributed by atoms with Gasteiger partial charge in [-0.25, -0.2) is 4.98 Å². The van der Waals surface area contributed by atoms with Crippen LogP contribution in [0.3, 0.4) is 0 Å². The van der Waals surface area contributed by atoms with Gasteiger partial charge < -0.3 is 4.98 Å². The number of unbranched alkanes of at least 4 members (excludes halogenated alkanes) is 1. The molecule has 2 aromatic rings. The summed E-state index contributed by atoms with van der Waals surface area (Å²) in [5.74, 6) is 1.46. The second-order valence-electron chi connectivity index (χ2n) is 4.52. The molecule has 90 valence electrons. The van der Waals surface area contributed by atoms with Crippen molar-refractivity contribution < 1.29 is 0 Å². The molecule has 1 heterocycles. The van der Waals surface area contributed by atoms with Gasteiger partial charge >= 0.3 is 0 Å². The fraction of sp³-hybridized carbons (Fsp3) is 0.429. The van der Waals surface area contributed by atoms with E-state index in [2.05, 4.69) is 29.9 Å². The summed E-state index contributed by atoms with van der Waals surface area (Å²) in [7, 11) is 0. The highest BCUT2D eigenvalue weighted by atomic mass is 32.1. The summed E-state index contributed by atoms with van der Waals surface area (Å²) in [4.78, 5) is 7.91. The van der Waals surface area contributed by atoms with Crippen LogP contribution in [0.4, 0.5) is 0 Å². The van der Waals surface area contributed by atoms with Gasteiger partial charge in [0.15, 0.2) is 0 Å². The van der Waals surface area contributed by atoms with Gasteiger partial charge in [0.2, 0.25) is 0 Å². The van der Waals surface area contributed by atoms with Gasteiger partial charge in [0.25, 0.3) is 0 Å². The van der Waals surface area contributed by atoms with Crippen LogP contribution in [0.1, 0.15) is 44.9 Å². The van der Waals surface area contributed by atoms with E-state index in [1.165, 1.54) is 12.8 Å². The van der Waals surface area contributed by atoms with Crippen molar-refractivity contribution in [1.82, 2.24) is 9.97 Å². The minimum Gasteiger partial charge on any atom is -0.343 e. The first-order chi connectivity index (χ1) is 8.22. The Hall–Kier alpha value is -1.22. The molecular weight excluding hydrogens is 228 g/mol. The molecular formula is C14H18N2S. The third-order valence-electron chi connectivity index (χ3n) is 3.10. The zero-order valence-corrected chi connectivity index (χ0v) is 11.2. The number of hydrogen-bond acceptors (Lipinski definition) is 2. The summed E-state index contributed by atoms with van der Waals surface area (Å²) in [6.07, 6.45) is 3.61. The molecule has 17 heavy (non-hydrogen) atoms. The lowest BCUT2D eigenvalue weighted by molar-refractivity contribution is 0.597. The van der Waals surface area contributed by atoms with Crippen LogP contribution >= 0.6 is 12.2 Å². The first-order valence-corrected chi connectivity index (χ1v) is 6.62. The molecule has 2 nitrogen and oxygen atoms in total. The first kappa shape index (κ1) is 12.2. The summed E-state index contributed by atoms with van der Waals surface area (Å²) < 4.78 is 0.706. The second kappa shape index (κ2) is 5.41. The molecule has 0 fully saturated rings. The molecule has 1 aromatic carbocycles. The minimum absolute atomic E-state index is 0.446. The van der Waals surface area contributed by atoms with Gasteiger partial charge in [-0.15, -0.1) is 0 Å². The SMILES string of the molecule is CCCCC(C)c1nc(=S)c2ccccc2[nH]1. The van der Waals surface area contributed by atoms with Crippen molar-refractivity contribution >= 4 is 23.1 Å². The van der Waals surface area contributed by atoms with E-state index in [0.717, 1.165) is 23.1 Å². The lowest BCUT2D eigenvalue weighted by Gasteiger charge is -2.11. The lowest BCUT2D eigenvalue weighted by atomic mass is 10.0. The molecule has 0 bridgehead atoms. The predicted molar refractivity (Wildman–Crippen MR) is 74.9 cm³/mol. The molecule has 2 rings (SSSR count). The van der Waals surface area contributed by atoms with Crippen molar-refractivity contribution in [1.29, 1.82) is 0 Å². The van der Waals surface area contributed by atoms with Gasteiger partial charge in [-0.3, -0.25) is 0 Å². The highest BCUT2D eigenvalue weighted by Crippen LogP contribution is 2.20. The van der Waals surface area contributed by atoms with E-state index in [0.29, 0.717) is 10.6 Å². The average Bonchev–Trinajstić information content (AvgIpc) is 2.36. The number of benzene rings is 1. The number of nitrogens with zero attached hydrogens (tertiary/aromatic N) is 1. The second-order valence-corrected chi connectivity index (χ2v) is 4.90. The average molecular weight is 246 g/mol. The van der Waals surface area contributed by atoms with Crippen molar-refractivity contribution in [3.8, 4) is 0 Å². The quantitative estimate of drug-likeness (QED) is 0.799. The molecule has 0 spiro atoms. The van der Waals surface area contributed by atoms with Crippen molar-refractivity contribution in [2.45, 2.75) is 39.0 Å². The Morgan fingerprint density at radius 2 is 2.12 bits per heavy atom. The number of H-pyrrole nitrogens is 1. The fourth-order valence-electron chi connectivity index (χ4n) is 1.99. The summed E-state index contributed by atoms with van der Waals surface area (Å²) >= 11 is 5.34. The molecule has 0 aliphatic rings. The molecule has 3 heteroatoms. The number of para-hydroxylation sites is 1. The maximum Gasteiger partial charge on any atom is 0.137 e. The molecule has 1 aromatic heterocycles. The van der Waals surface area contributed by atoms with Gasteiger partial charge in [-0.05, 0) is 18.6 Å². The van der Waals surface area contributed by atoms with Crippen LogP contribution in [0.25, 0.3) is 10.9 Å². The van der Waals surface area contributed by atoms with Crippen LogP contribution in [0, 0.1) is 4.64 Å². The van der Waals surface area contributed by atoms with E-state index >= 15 is 0 Å². The molecule has 1 atom stereocenters. The number of aromatic amines is 1. The fourth-order valence-corrected chi connectivity index (χ4v) is 2.27. The Bertz CT molecular complexity index is 559. The topological polar surface area (TPSA) is 28.7 Å². The predicted octanol–water partition coefficient (Wildman–Crippen LogP) is 4.59. The standard InChI is InChI=1S/C14H18N2S/c1-3-4-7-10(2)13-15-12-9-6-5-8-11(12)14(17)16-13/h5-6,8-10H,3-4,7H2,1-2H3,(H,15,16,17). The molecule has 1 unspecified atom stereocenters. The summed E-state index contributed by atoms with van der Waals surface area (Å²) in [5.41, 5.74) is 1.09. The van der Waals surface area contributed by atoms with Crippen molar-refractivity contribution in [2.75, 3.05) is 0 Å². The Labute approximate surface area is 107 Å². The molecule has 0 aliphatic heterocycles. The summed E-state index contributed by atoms with van der Waals surface area (Å²) in [5, 5.41) is 1.04. The number of aromatic nitrogens is 2. The van der Waals surface area contributed by atoms with Crippen molar-refractivity contribution in [3.05, 3.63) is 34.7 Å². The van der Waals surface area contributed by atoms with Crippen molar-refractivity contribution in [2.24, 2.45) is 0 Å². The summed E-state index contributed by atoms with van der Waals surface area (Å²) in [6.45, 7) is 4.42. The highest BCUT2D eigenvalue weighted by Gasteiger charge is 2.08. The van der Waals surface area contributed by atoms with Gasteiger partial charge in [0.1, 0.15) is 10.5 Å². The van der Waals surface area contributed by atoms with Gasteiger partial charge in [-0.1, -0.05) is 51.0 Å². The Balaban J connectivity index is 2.39. The van der Waals surface area contributed by atoms with Gasteiger partial charge in [0, 0.05) is 16.8 Å². The van der Waals surface area contributed by atoms with E-state index in [4.69, 9.17) is 12.2 Å². The Morgan fingerprint density at radius 3 is 2.88 bits per heavy atom. The van der Waals surface area contributed by atoms with E-state index < -0.39 is 0 Å². The Morgan fingerprint density at radius 1 is 1.35 bits per heavy atom. The largest absolute Gasteiger partial charge is 0.343 e. The molecule has 0 saturated heterocycles. The molecule has 0 aliphatic carbocycles. The number of nitrogens with one attached hydrogen (secondary N) is 1. The third kappa shape index (κ3) is 2.72. The van der Waals surface area contributed by atoms with Crippen LogP contribution in [-0.2, 0) is 0 Å². The minimum atomic E-state index is 0.446. The van der Waals surface area contributed by atoms with Gasteiger partial charge in [0.05, 0.1) is 0 Å². The van der Waals surface area contributed by atoms with Crippen LogP contribution in [0.5, 0.6) is 0 Å². The number of fused-ring (bicyclic) bond motifs is 1. The lowest BCUT2D eigenvalue weighted by Crippen LogP contribution is -2.01. The van der Waals surface area contributed by atoms with Gasteiger partial charge in [-0.2, -0.15) is 0 Å². The van der Waals surface area contributed by atoms with E-state index in [1.54, 1.807) is 0 Å². The summed E-state index contributed by atoms with van der Waals surface area (Å²) in [6, 6.07) is 8.09. The normalized spacial score (nSPS) is 12.8. The number of rotatable bonds is 4. The molecule has 0 saturated carbocycles. The smallest absolute Gasteiger partial charge is 0.137 e. The van der Waals surface area contributed by atoms with Crippen LogP contribution in [0.2, 0.25) is 0 Å². The third-order valence-corrected chi connectivity index (χ3v) is 3.41. The maximum absolute atomic E-state index is 5.34. The maximum atomic E-state index is 5.34. The zero-order valence-electron chi connectivity index (χ0n) is 10.4.